The van der Waals surface area contributed by atoms with Crippen LogP contribution in [0.2, 0.25) is 0 Å². The summed E-state index contributed by atoms with van der Waals surface area (Å²) in [6, 6.07) is 0. The molecule has 2 nitrogen and oxygen atoms in total. The van der Waals surface area contributed by atoms with Crippen molar-refractivity contribution in [1.82, 2.24) is 0 Å². The van der Waals surface area contributed by atoms with E-state index in [0.717, 1.165) is 25.7 Å². The molecule has 0 aliphatic rings. The summed E-state index contributed by atoms with van der Waals surface area (Å²) in [5.41, 5.74) is -0.525. The number of carboxylic acid groups (broad SMARTS) is 1. The van der Waals surface area contributed by atoms with E-state index in [1.54, 1.807) is 0 Å². The SMILES string of the molecule is CCCCCCCCCCC(CCCCCCCC)CC(C)(CCCC)C(=O)O. The fraction of sp³-hybridized carbons (Fsp3) is 0.963. The zero-order valence-corrected chi connectivity index (χ0v) is 20.6. The Kier molecular flexibility index (Phi) is 19.1. The Morgan fingerprint density at radius 3 is 1.41 bits per heavy atom. The minimum Gasteiger partial charge on any atom is -0.481 e. The van der Waals surface area contributed by atoms with Crippen LogP contribution in [-0.4, -0.2) is 11.1 Å². The van der Waals surface area contributed by atoms with E-state index < -0.39 is 11.4 Å². The van der Waals surface area contributed by atoms with E-state index >= 15 is 0 Å². The van der Waals surface area contributed by atoms with Gasteiger partial charge in [0.1, 0.15) is 0 Å². The highest BCUT2D eigenvalue weighted by Gasteiger charge is 2.34. The van der Waals surface area contributed by atoms with Gasteiger partial charge in [-0.2, -0.15) is 0 Å². The molecule has 0 saturated heterocycles. The van der Waals surface area contributed by atoms with Crippen LogP contribution in [0.15, 0.2) is 0 Å². The summed E-state index contributed by atoms with van der Waals surface area (Å²) in [5, 5.41) is 9.89. The Morgan fingerprint density at radius 2 is 1.03 bits per heavy atom. The highest BCUT2D eigenvalue weighted by Crippen LogP contribution is 2.36. The van der Waals surface area contributed by atoms with E-state index in [1.165, 1.54) is 103 Å². The molecule has 29 heavy (non-hydrogen) atoms. The maximum absolute atomic E-state index is 12.0. The van der Waals surface area contributed by atoms with Crippen LogP contribution >= 0.6 is 0 Å². The van der Waals surface area contributed by atoms with Gasteiger partial charge in [-0.05, 0) is 25.7 Å². The summed E-state index contributed by atoms with van der Waals surface area (Å²) >= 11 is 0. The summed E-state index contributed by atoms with van der Waals surface area (Å²) in [6.07, 6.45) is 25.1. The number of hydrogen-bond acceptors (Lipinski definition) is 1. The topological polar surface area (TPSA) is 37.3 Å². The minimum atomic E-state index is -0.574. The Bertz CT molecular complexity index is 366. The lowest BCUT2D eigenvalue weighted by Crippen LogP contribution is -2.30. The molecule has 174 valence electrons. The van der Waals surface area contributed by atoms with Gasteiger partial charge >= 0.3 is 5.97 Å². The van der Waals surface area contributed by atoms with Gasteiger partial charge in [-0.25, -0.2) is 0 Å². The molecule has 2 atom stereocenters. The molecule has 0 amide bonds. The first kappa shape index (κ1) is 28.5. The van der Waals surface area contributed by atoms with Gasteiger partial charge in [0.2, 0.25) is 0 Å². The first-order valence-electron chi connectivity index (χ1n) is 13.2. The van der Waals surface area contributed by atoms with Crippen molar-refractivity contribution in [3.8, 4) is 0 Å². The highest BCUT2D eigenvalue weighted by molar-refractivity contribution is 5.74. The Morgan fingerprint density at radius 1 is 0.655 bits per heavy atom. The summed E-state index contributed by atoms with van der Waals surface area (Å²) in [7, 11) is 0. The van der Waals surface area contributed by atoms with Gasteiger partial charge in [-0.15, -0.1) is 0 Å². The second-order valence-electron chi connectivity index (χ2n) is 9.86. The van der Waals surface area contributed by atoms with Crippen LogP contribution < -0.4 is 0 Å². The lowest BCUT2D eigenvalue weighted by Gasteiger charge is -2.30. The van der Waals surface area contributed by atoms with Crippen molar-refractivity contribution in [1.29, 1.82) is 0 Å². The Labute approximate surface area is 183 Å². The van der Waals surface area contributed by atoms with E-state index in [-0.39, 0.29) is 0 Å². The highest BCUT2D eigenvalue weighted by atomic mass is 16.4. The first-order chi connectivity index (χ1) is 14.0. The van der Waals surface area contributed by atoms with Gasteiger partial charge in [-0.1, -0.05) is 136 Å². The second-order valence-corrected chi connectivity index (χ2v) is 9.86. The number of hydrogen-bond donors (Lipinski definition) is 1. The zero-order valence-electron chi connectivity index (χ0n) is 20.6. The van der Waals surface area contributed by atoms with Crippen LogP contribution in [0.4, 0.5) is 0 Å². The molecule has 0 aromatic carbocycles. The van der Waals surface area contributed by atoms with Crippen LogP contribution in [0.3, 0.4) is 0 Å². The second kappa shape index (κ2) is 19.4. The maximum Gasteiger partial charge on any atom is 0.309 e. The number of unbranched alkanes of at least 4 members (excludes halogenated alkanes) is 13. The molecule has 0 fully saturated rings. The molecule has 0 aliphatic carbocycles. The Balaban J connectivity index is 4.41. The van der Waals surface area contributed by atoms with Gasteiger partial charge in [-0.3, -0.25) is 4.79 Å². The molecule has 1 N–H and O–H groups in total. The first-order valence-corrected chi connectivity index (χ1v) is 13.2. The number of carbonyl (C=O) groups is 1. The zero-order chi connectivity index (χ0) is 21.8. The normalized spacial score (nSPS) is 14.6. The lowest BCUT2D eigenvalue weighted by molar-refractivity contribution is -0.149. The smallest absolute Gasteiger partial charge is 0.309 e. The van der Waals surface area contributed by atoms with Gasteiger partial charge in [0, 0.05) is 0 Å². The largest absolute Gasteiger partial charge is 0.481 e. The maximum atomic E-state index is 12.0. The summed E-state index contributed by atoms with van der Waals surface area (Å²) in [4.78, 5) is 12.0. The van der Waals surface area contributed by atoms with Crippen molar-refractivity contribution in [2.75, 3.05) is 0 Å². The number of aliphatic carboxylic acids is 1. The summed E-state index contributed by atoms with van der Waals surface area (Å²) < 4.78 is 0. The molecule has 0 heterocycles. The monoisotopic (exact) mass is 410 g/mol. The van der Waals surface area contributed by atoms with E-state index in [2.05, 4.69) is 20.8 Å². The third-order valence-corrected chi connectivity index (χ3v) is 6.77. The third kappa shape index (κ3) is 15.9. The molecule has 0 bridgehead atoms. The van der Waals surface area contributed by atoms with Crippen molar-refractivity contribution in [2.45, 2.75) is 156 Å². The van der Waals surface area contributed by atoms with Crippen molar-refractivity contribution in [3.63, 3.8) is 0 Å². The van der Waals surface area contributed by atoms with E-state index in [0.29, 0.717) is 5.92 Å². The minimum absolute atomic E-state index is 0.525. The molecule has 0 aromatic heterocycles. The number of carboxylic acids is 1. The molecular weight excluding hydrogens is 356 g/mol. The predicted molar refractivity (Wildman–Crippen MR) is 129 cm³/mol. The fourth-order valence-electron chi connectivity index (χ4n) is 4.63. The Hall–Kier alpha value is -0.530. The standard InChI is InChI=1S/C27H54O2/c1-5-8-11-13-15-16-18-20-22-25(21-19-17-14-12-9-6-2)24-27(4,26(28)29)23-10-7-3/h25H,5-24H2,1-4H3,(H,28,29). The van der Waals surface area contributed by atoms with Crippen LogP contribution in [0.1, 0.15) is 156 Å². The average Bonchev–Trinajstić information content (AvgIpc) is 2.70. The molecule has 0 spiro atoms. The average molecular weight is 411 g/mol. The molecule has 0 saturated carbocycles. The van der Waals surface area contributed by atoms with E-state index in [9.17, 15) is 9.90 Å². The van der Waals surface area contributed by atoms with Crippen LogP contribution in [0, 0.1) is 11.3 Å². The van der Waals surface area contributed by atoms with Crippen LogP contribution in [0.25, 0.3) is 0 Å². The van der Waals surface area contributed by atoms with Crippen LogP contribution in [-0.2, 0) is 4.79 Å². The molecular formula is C27H54O2. The van der Waals surface area contributed by atoms with Crippen molar-refractivity contribution in [3.05, 3.63) is 0 Å². The predicted octanol–water partition coefficient (Wildman–Crippen LogP) is 9.56. The quantitative estimate of drug-likeness (QED) is 0.180. The van der Waals surface area contributed by atoms with Crippen molar-refractivity contribution in [2.24, 2.45) is 11.3 Å². The molecule has 0 radical (unpaired) electrons. The fourth-order valence-corrected chi connectivity index (χ4v) is 4.63. The van der Waals surface area contributed by atoms with Gasteiger partial charge in [0.05, 0.1) is 5.41 Å². The number of rotatable bonds is 22. The van der Waals surface area contributed by atoms with Crippen molar-refractivity contribution >= 4 is 5.97 Å². The van der Waals surface area contributed by atoms with Gasteiger partial charge in [0.15, 0.2) is 0 Å². The molecule has 0 aromatic rings. The van der Waals surface area contributed by atoms with Gasteiger partial charge < -0.3 is 5.11 Å². The summed E-state index contributed by atoms with van der Waals surface area (Å²) in [6.45, 7) is 8.71. The van der Waals surface area contributed by atoms with E-state index in [1.807, 2.05) is 6.92 Å². The molecule has 2 unspecified atom stereocenters. The lowest BCUT2D eigenvalue weighted by atomic mass is 9.74. The summed E-state index contributed by atoms with van der Waals surface area (Å²) in [5.74, 6) is 0.0223. The molecule has 2 heteroatoms. The molecule has 0 rings (SSSR count). The van der Waals surface area contributed by atoms with Crippen LogP contribution in [0.5, 0.6) is 0 Å². The van der Waals surface area contributed by atoms with Gasteiger partial charge in [0.25, 0.3) is 0 Å². The van der Waals surface area contributed by atoms with Crippen molar-refractivity contribution < 1.29 is 9.90 Å². The third-order valence-electron chi connectivity index (χ3n) is 6.77. The van der Waals surface area contributed by atoms with E-state index in [4.69, 9.17) is 0 Å². The molecule has 0 aliphatic heterocycles.